The number of nitrogens with one attached hydrogen (secondary N) is 1. The fourth-order valence-corrected chi connectivity index (χ4v) is 4.32. The predicted octanol–water partition coefficient (Wildman–Crippen LogP) is 5.04. The third-order valence-corrected chi connectivity index (χ3v) is 6.29. The molecule has 0 radical (unpaired) electrons. The Bertz CT molecular complexity index is 1260. The number of aromatic nitrogens is 2. The quantitative estimate of drug-likeness (QED) is 0.457. The minimum absolute atomic E-state index is 0.105. The Hall–Kier alpha value is -2.77. The van der Waals surface area contributed by atoms with Gasteiger partial charge in [-0.15, -0.1) is 0 Å². The number of carbonyl (C=O) groups excluding carboxylic acids is 1. The lowest BCUT2D eigenvalue weighted by atomic mass is 10.2. The van der Waals surface area contributed by atoms with E-state index >= 15 is 0 Å². The standard InChI is InChI=1S/C22H18BrN3O2S/c1-25-18-12-17(24-21(27)14-8-10-15(23)11-9-14)20(13-19(18)26(2)22(25)28)29-16-6-4-3-5-7-16/h3-13H,1-2H3,(H,24,27). The lowest BCUT2D eigenvalue weighted by Gasteiger charge is -2.12. The molecular weight excluding hydrogens is 450 g/mol. The summed E-state index contributed by atoms with van der Waals surface area (Å²) in [6.45, 7) is 0. The first-order chi connectivity index (χ1) is 13.9. The van der Waals surface area contributed by atoms with Crippen molar-refractivity contribution in [1.29, 1.82) is 0 Å². The molecule has 0 saturated heterocycles. The van der Waals surface area contributed by atoms with Gasteiger partial charge in [-0.25, -0.2) is 4.79 Å². The van der Waals surface area contributed by atoms with Crippen LogP contribution in [0, 0.1) is 0 Å². The van der Waals surface area contributed by atoms with Crippen LogP contribution in [-0.4, -0.2) is 15.0 Å². The average Bonchev–Trinajstić information content (AvgIpc) is 2.93. The third-order valence-electron chi connectivity index (χ3n) is 4.70. The van der Waals surface area contributed by atoms with Crippen molar-refractivity contribution in [3.63, 3.8) is 0 Å². The Morgan fingerprint density at radius 2 is 1.55 bits per heavy atom. The lowest BCUT2D eigenvalue weighted by molar-refractivity contribution is 0.102. The number of rotatable bonds is 4. The van der Waals surface area contributed by atoms with Crippen molar-refractivity contribution >= 4 is 50.3 Å². The van der Waals surface area contributed by atoms with Crippen molar-refractivity contribution < 1.29 is 4.79 Å². The van der Waals surface area contributed by atoms with Crippen molar-refractivity contribution in [1.82, 2.24) is 9.13 Å². The summed E-state index contributed by atoms with van der Waals surface area (Å²) in [6.07, 6.45) is 0. The molecule has 0 aliphatic carbocycles. The van der Waals surface area contributed by atoms with E-state index in [0.29, 0.717) is 11.3 Å². The lowest BCUT2D eigenvalue weighted by Crippen LogP contribution is -2.19. The Morgan fingerprint density at radius 3 is 2.21 bits per heavy atom. The van der Waals surface area contributed by atoms with Gasteiger partial charge in [0, 0.05) is 33.9 Å². The molecule has 1 aromatic heterocycles. The van der Waals surface area contributed by atoms with Crippen molar-refractivity contribution in [2.24, 2.45) is 14.1 Å². The van der Waals surface area contributed by atoms with E-state index in [1.54, 1.807) is 47.1 Å². The Labute approximate surface area is 180 Å². The number of aryl methyl sites for hydroxylation is 2. The molecule has 1 N–H and O–H groups in total. The largest absolute Gasteiger partial charge is 0.328 e. The van der Waals surface area contributed by atoms with E-state index in [1.807, 2.05) is 54.6 Å². The SMILES string of the molecule is Cn1c(=O)n(C)c2cc(Sc3ccccc3)c(NC(=O)c3ccc(Br)cc3)cc21. The summed E-state index contributed by atoms with van der Waals surface area (Å²) >= 11 is 4.93. The van der Waals surface area contributed by atoms with Gasteiger partial charge in [-0.05, 0) is 48.5 Å². The van der Waals surface area contributed by atoms with E-state index < -0.39 is 0 Å². The third kappa shape index (κ3) is 3.88. The fourth-order valence-electron chi connectivity index (χ4n) is 3.12. The summed E-state index contributed by atoms with van der Waals surface area (Å²) < 4.78 is 4.11. The van der Waals surface area contributed by atoms with E-state index in [0.717, 1.165) is 25.3 Å². The molecule has 0 atom stereocenters. The zero-order chi connectivity index (χ0) is 20.5. The maximum Gasteiger partial charge on any atom is 0.328 e. The van der Waals surface area contributed by atoms with Gasteiger partial charge in [0.25, 0.3) is 5.91 Å². The summed E-state index contributed by atoms with van der Waals surface area (Å²) in [4.78, 5) is 27.1. The van der Waals surface area contributed by atoms with Gasteiger partial charge >= 0.3 is 5.69 Å². The molecule has 0 aliphatic rings. The molecule has 4 rings (SSSR count). The first-order valence-corrected chi connectivity index (χ1v) is 10.5. The second-order valence-electron chi connectivity index (χ2n) is 6.61. The number of hydrogen-bond acceptors (Lipinski definition) is 3. The Kier molecular flexibility index (Phi) is 5.34. The molecule has 0 bridgehead atoms. The van der Waals surface area contributed by atoms with Crippen LogP contribution in [-0.2, 0) is 14.1 Å². The summed E-state index contributed by atoms with van der Waals surface area (Å²) in [6, 6.07) is 20.9. The first-order valence-electron chi connectivity index (χ1n) is 8.93. The molecular formula is C22H18BrN3O2S. The van der Waals surface area contributed by atoms with Crippen LogP contribution in [0.2, 0.25) is 0 Å². The van der Waals surface area contributed by atoms with Gasteiger partial charge in [-0.3, -0.25) is 13.9 Å². The number of nitrogens with zero attached hydrogens (tertiary/aromatic N) is 2. The summed E-state index contributed by atoms with van der Waals surface area (Å²) in [5.74, 6) is -0.201. The summed E-state index contributed by atoms with van der Waals surface area (Å²) in [7, 11) is 3.48. The zero-order valence-corrected chi connectivity index (χ0v) is 18.3. The topological polar surface area (TPSA) is 56.0 Å². The highest BCUT2D eigenvalue weighted by Crippen LogP contribution is 2.36. The van der Waals surface area contributed by atoms with Gasteiger partial charge < -0.3 is 5.32 Å². The Balaban J connectivity index is 1.80. The van der Waals surface area contributed by atoms with Gasteiger partial charge in [-0.1, -0.05) is 45.9 Å². The second kappa shape index (κ2) is 7.93. The van der Waals surface area contributed by atoms with Crippen molar-refractivity contribution in [3.05, 3.63) is 87.3 Å². The molecule has 0 saturated carbocycles. The second-order valence-corrected chi connectivity index (χ2v) is 8.64. The highest BCUT2D eigenvalue weighted by molar-refractivity contribution is 9.10. The predicted molar refractivity (Wildman–Crippen MR) is 121 cm³/mol. The van der Waals surface area contributed by atoms with Gasteiger partial charge in [0.1, 0.15) is 0 Å². The normalized spacial score (nSPS) is 11.0. The number of carbonyl (C=O) groups is 1. The number of fused-ring (bicyclic) bond motifs is 1. The van der Waals surface area contributed by atoms with Crippen LogP contribution in [0.15, 0.2) is 85.8 Å². The van der Waals surface area contributed by atoms with Gasteiger partial charge in [0.15, 0.2) is 0 Å². The minimum Gasteiger partial charge on any atom is -0.321 e. The van der Waals surface area contributed by atoms with Gasteiger partial charge in [-0.2, -0.15) is 0 Å². The van der Waals surface area contributed by atoms with Crippen LogP contribution in [0.1, 0.15) is 10.4 Å². The van der Waals surface area contributed by atoms with E-state index in [2.05, 4.69) is 21.2 Å². The fraction of sp³-hybridized carbons (Fsp3) is 0.0909. The van der Waals surface area contributed by atoms with Crippen LogP contribution in [0.3, 0.4) is 0 Å². The van der Waals surface area contributed by atoms with Crippen molar-refractivity contribution in [2.75, 3.05) is 5.32 Å². The number of anilines is 1. The maximum atomic E-state index is 12.8. The molecule has 146 valence electrons. The van der Waals surface area contributed by atoms with Gasteiger partial charge in [0.05, 0.1) is 16.7 Å². The Morgan fingerprint density at radius 1 is 0.931 bits per heavy atom. The van der Waals surface area contributed by atoms with Crippen LogP contribution in [0.25, 0.3) is 11.0 Å². The molecule has 0 spiro atoms. The smallest absolute Gasteiger partial charge is 0.321 e. The molecule has 4 aromatic rings. The van der Waals surface area contributed by atoms with Gasteiger partial charge in [0.2, 0.25) is 0 Å². The van der Waals surface area contributed by atoms with E-state index in [4.69, 9.17) is 0 Å². The maximum absolute atomic E-state index is 12.8. The number of halogens is 1. The summed E-state index contributed by atoms with van der Waals surface area (Å²) in [5, 5.41) is 3.01. The molecule has 0 unspecified atom stereocenters. The molecule has 29 heavy (non-hydrogen) atoms. The zero-order valence-electron chi connectivity index (χ0n) is 15.8. The molecule has 1 heterocycles. The van der Waals surface area contributed by atoms with E-state index in [9.17, 15) is 9.59 Å². The van der Waals surface area contributed by atoms with Crippen LogP contribution in [0.4, 0.5) is 5.69 Å². The minimum atomic E-state index is -0.201. The highest BCUT2D eigenvalue weighted by atomic mass is 79.9. The van der Waals surface area contributed by atoms with E-state index in [1.165, 1.54) is 0 Å². The molecule has 3 aromatic carbocycles. The number of benzene rings is 3. The van der Waals surface area contributed by atoms with Crippen LogP contribution in [0.5, 0.6) is 0 Å². The van der Waals surface area contributed by atoms with E-state index in [-0.39, 0.29) is 11.6 Å². The average molecular weight is 468 g/mol. The first kappa shape index (κ1) is 19.5. The molecule has 0 fully saturated rings. The number of amides is 1. The monoisotopic (exact) mass is 467 g/mol. The van der Waals surface area contributed by atoms with Crippen molar-refractivity contribution in [3.8, 4) is 0 Å². The van der Waals surface area contributed by atoms with Crippen LogP contribution < -0.4 is 11.0 Å². The van der Waals surface area contributed by atoms with Crippen molar-refractivity contribution in [2.45, 2.75) is 9.79 Å². The number of imidazole rings is 1. The number of hydrogen-bond donors (Lipinski definition) is 1. The molecule has 0 aliphatic heterocycles. The molecule has 7 heteroatoms. The molecule has 5 nitrogen and oxygen atoms in total. The van der Waals surface area contributed by atoms with Crippen LogP contribution >= 0.6 is 27.7 Å². The highest BCUT2D eigenvalue weighted by Gasteiger charge is 2.16. The summed E-state index contributed by atoms with van der Waals surface area (Å²) in [5.41, 5.74) is 2.71. The molecule has 1 amide bonds.